The predicted octanol–water partition coefficient (Wildman–Crippen LogP) is 4.63. The molecule has 1 heterocycles. The van der Waals surface area contributed by atoms with Gasteiger partial charge in [0.05, 0.1) is 0 Å². The molecule has 0 atom stereocenters. The zero-order valence-electron chi connectivity index (χ0n) is 13.6. The molecule has 3 rings (SSSR count). The Morgan fingerprint density at radius 1 is 0.913 bits per heavy atom. The molecule has 0 aliphatic carbocycles. The minimum Gasteiger partial charge on any atom is -0.299 e. The van der Waals surface area contributed by atoms with E-state index in [1.165, 1.54) is 42.8 Å². The molecule has 120 valence electrons. The average Bonchev–Trinajstić information content (AvgIpc) is 2.63. The highest BCUT2D eigenvalue weighted by Gasteiger charge is 2.12. The van der Waals surface area contributed by atoms with Crippen molar-refractivity contribution in [3.05, 3.63) is 65.2 Å². The van der Waals surface area contributed by atoms with Crippen molar-refractivity contribution in [3.63, 3.8) is 0 Å². The molecule has 1 aliphatic heterocycles. The lowest BCUT2D eigenvalue weighted by Gasteiger charge is -2.26. The fraction of sp³-hybridized carbons (Fsp3) is 0.350. The number of hydrogen-bond donors (Lipinski definition) is 0. The number of piperidine rings is 1. The van der Waals surface area contributed by atoms with E-state index in [-0.39, 0.29) is 5.78 Å². The molecular formula is C20H23NOS. The van der Waals surface area contributed by atoms with Gasteiger partial charge in [-0.25, -0.2) is 0 Å². The van der Waals surface area contributed by atoms with Crippen molar-refractivity contribution in [1.82, 2.24) is 4.90 Å². The maximum absolute atomic E-state index is 12.5. The molecule has 0 bridgehead atoms. The zero-order valence-corrected chi connectivity index (χ0v) is 14.4. The molecule has 1 saturated heterocycles. The Labute approximate surface area is 142 Å². The average molecular weight is 325 g/mol. The standard InChI is InChI=1S/C20H23NOS/c1-23-19-11-9-18(10-12-19)20(22)17-7-5-16(6-8-17)15-21-13-3-2-4-14-21/h5-12H,2-4,13-15H2,1H3. The van der Waals surface area contributed by atoms with Crippen molar-refractivity contribution in [1.29, 1.82) is 0 Å². The summed E-state index contributed by atoms with van der Waals surface area (Å²) in [6.45, 7) is 3.39. The Bertz CT molecular complexity index is 642. The Morgan fingerprint density at radius 2 is 1.48 bits per heavy atom. The lowest BCUT2D eigenvalue weighted by molar-refractivity contribution is 0.103. The first-order valence-electron chi connectivity index (χ1n) is 8.26. The second kappa shape index (κ2) is 7.80. The van der Waals surface area contributed by atoms with E-state index in [9.17, 15) is 4.79 Å². The van der Waals surface area contributed by atoms with Gasteiger partial charge in [0.2, 0.25) is 0 Å². The predicted molar refractivity (Wildman–Crippen MR) is 97.2 cm³/mol. The molecular weight excluding hydrogens is 302 g/mol. The molecule has 0 saturated carbocycles. The molecule has 0 spiro atoms. The van der Waals surface area contributed by atoms with E-state index in [0.717, 1.165) is 17.7 Å². The van der Waals surface area contributed by atoms with Gasteiger partial charge < -0.3 is 0 Å². The molecule has 3 heteroatoms. The van der Waals surface area contributed by atoms with E-state index >= 15 is 0 Å². The summed E-state index contributed by atoms with van der Waals surface area (Å²) in [5.74, 6) is 0.0992. The highest BCUT2D eigenvalue weighted by atomic mass is 32.2. The molecule has 0 N–H and O–H groups in total. The van der Waals surface area contributed by atoms with E-state index in [1.54, 1.807) is 11.8 Å². The molecule has 0 amide bonds. The van der Waals surface area contributed by atoms with Crippen LogP contribution < -0.4 is 0 Å². The minimum atomic E-state index is 0.0992. The summed E-state index contributed by atoms with van der Waals surface area (Å²) >= 11 is 1.69. The smallest absolute Gasteiger partial charge is 0.193 e. The first-order chi connectivity index (χ1) is 11.3. The van der Waals surface area contributed by atoms with Gasteiger partial charge in [-0.2, -0.15) is 0 Å². The van der Waals surface area contributed by atoms with E-state index in [0.29, 0.717) is 0 Å². The van der Waals surface area contributed by atoms with Crippen LogP contribution in [0, 0.1) is 0 Å². The van der Waals surface area contributed by atoms with Crippen molar-refractivity contribution in [2.24, 2.45) is 0 Å². The summed E-state index contributed by atoms with van der Waals surface area (Å²) in [6, 6.07) is 15.9. The second-order valence-electron chi connectivity index (χ2n) is 6.09. The van der Waals surface area contributed by atoms with Crippen molar-refractivity contribution < 1.29 is 4.79 Å². The van der Waals surface area contributed by atoms with E-state index < -0.39 is 0 Å². The van der Waals surface area contributed by atoms with Gasteiger partial charge in [0.25, 0.3) is 0 Å². The minimum absolute atomic E-state index is 0.0992. The molecule has 0 radical (unpaired) electrons. The summed E-state index contributed by atoms with van der Waals surface area (Å²) in [6.07, 6.45) is 6.02. The Hall–Kier alpha value is -1.58. The summed E-state index contributed by atoms with van der Waals surface area (Å²) in [4.78, 5) is 16.2. The number of rotatable bonds is 5. The first kappa shape index (κ1) is 16.3. The van der Waals surface area contributed by atoms with Gasteiger partial charge in [-0.15, -0.1) is 11.8 Å². The topological polar surface area (TPSA) is 20.3 Å². The van der Waals surface area contributed by atoms with Crippen molar-refractivity contribution in [3.8, 4) is 0 Å². The van der Waals surface area contributed by atoms with Crippen LogP contribution in [-0.2, 0) is 6.54 Å². The van der Waals surface area contributed by atoms with Gasteiger partial charge >= 0.3 is 0 Å². The number of benzene rings is 2. The molecule has 2 nitrogen and oxygen atoms in total. The van der Waals surface area contributed by atoms with Crippen LogP contribution in [0.2, 0.25) is 0 Å². The largest absolute Gasteiger partial charge is 0.299 e. The van der Waals surface area contributed by atoms with Crippen LogP contribution in [-0.4, -0.2) is 30.0 Å². The summed E-state index contributed by atoms with van der Waals surface area (Å²) < 4.78 is 0. The molecule has 2 aromatic rings. The van der Waals surface area contributed by atoms with Crippen LogP contribution in [0.1, 0.15) is 40.7 Å². The van der Waals surface area contributed by atoms with Crippen LogP contribution in [0.3, 0.4) is 0 Å². The Balaban J connectivity index is 1.66. The van der Waals surface area contributed by atoms with Crippen molar-refractivity contribution in [2.45, 2.75) is 30.7 Å². The van der Waals surface area contributed by atoms with Gasteiger partial charge in [0.15, 0.2) is 5.78 Å². The fourth-order valence-corrected chi connectivity index (χ4v) is 3.45. The third kappa shape index (κ3) is 4.24. The number of carbonyl (C=O) groups excluding carboxylic acids is 1. The SMILES string of the molecule is CSc1ccc(C(=O)c2ccc(CN3CCCCC3)cc2)cc1. The molecule has 23 heavy (non-hydrogen) atoms. The van der Waals surface area contributed by atoms with Crippen LogP contribution in [0.5, 0.6) is 0 Å². The normalized spacial score (nSPS) is 15.5. The number of nitrogens with zero attached hydrogens (tertiary/aromatic N) is 1. The van der Waals surface area contributed by atoms with Gasteiger partial charge in [0.1, 0.15) is 0 Å². The molecule has 1 fully saturated rings. The van der Waals surface area contributed by atoms with Crippen LogP contribution in [0.15, 0.2) is 53.4 Å². The lowest BCUT2D eigenvalue weighted by atomic mass is 10.0. The fourth-order valence-electron chi connectivity index (χ4n) is 3.05. The van der Waals surface area contributed by atoms with E-state index in [1.807, 2.05) is 42.7 Å². The molecule has 1 aliphatic rings. The maximum atomic E-state index is 12.5. The van der Waals surface area contributed by atoms with Gasteiger partial charge in [0, 0.05) is 22.6 Å². The van der Waals surface area contributed by atoms with Gasteiger partial charge in [-0.3, -0.25) is 9.69 Å². The third-order valence-electron chi connectivity index (χ3n) is 4.42. The third-order valence-corrected chi connectivity index (χ3v) is 5.17. The second-order valence-corrected chi connectivity index (χ2v) is 6.97. The molecule has 0 aromatic heterocycles. The number of hydrogen-bond acceptors (Lipinski definition) is 3. The number of likely N-dealkylation sites (tertiary alicyclic amines) is 1. The molecule has 2 aromatic carbocycles. The lowest BCUT2D eigenvalue weighted by Crippen LogP contribution is -2.29. The van der Waals surface area contributed by atoms with Gasteiger partial charge in [-0.1, -0.05) is 30.7 Å². The number of ketones is 1. The number of thioether (sulfide) groups is 1. The zero-order chi connectivity index (χ0) is 16.1. The Morgan fingerprint density at radius 3 is 2.04 bits per heavy atom. The summed E-state index contributed by atoms with van der Waals surface area (Å²) in [5.41, 5.74) is 2.82. The van der Waals surface area contributed by atoms with Crippen LogP contribution >= 0.6 is 11.8 Å². The Kier molecular flexibility index (Phi) is 5.52. The summed E-state index contributed by atoms with van der Waals surface area (Å²) in [7, 11) is 0. The van der Waals surface area contributed by atoms with Crippen LogP contribution in [0.4, 0.5) is 0 Å². The highest BCUT2D eigenvalue weighted by molar-refractivity contribution is 7.98. The van der Waals surface area contributed by atoms with Gasteiger partial charge in [-0.05, 0) is 62.0 Å². The van der Waals surface area contributed by atoms with E-state index in [2.05, 4.69) is 17.0 Å². The van der Waals surface area contributed by atoms with Crippen molar-refractivity contribution >= 4 is 17.5 Å². The highest BCUT2D eigenvalue weighted by Crippen LogP contribution is 2.18. The summed E-state index contributed by atoms with van der Waals surface area (Å²) in [5, 5.41) is 0. The van der Waals surface area contributed by atoms with E-state index in [4.69, 9.17) is 0 Å². The van der Waals surface area contributed by atoms with Crippen molar-refractivity contribution in [2.75, 3.05) is 19.3 Å². The van der Waals surface area contributed by atoms with Crippen LogP contribution in [0.25, 0.3) is 0 Å². The monoisotopic (exact) mass is 325 g/mol. The molecule has 0 unspecified atom stereocenters. The first-order valence-corrected chi connectivity index (χ1v) is 9.49. The quantitative estimate of drug-likeness (QED) is 0.591. The maximum Gasteiger partial charge on any atom is 0.193 e. The number of carbonyl (C=O) groups is 1.